The van der Waals surface area contributed by atoms with Gasteiger partial charge in [-0.3, -0.25) is 4.57 Å². The first kappa shape index (κ1) is 15.5. The van der Waals surface area contributed by atoms with Gasteiger partial charge < -0.3 is 4.74 Å². The minimum absolute atomic E-state index is 0.232. The van der Waals surface area contributed by atoms with E-state index >= 15 is 0 Å². The molecule has 0 spiro atoms. The molecule has 118 valence electrons. The molecule has 1 fully saturated rings. The quantitative estimate of drug-likeness (QED) is 0.572. The van der Waals surface area contributed by atoms with Gasteiger partial charge in [0, 0.05) is 11.8 Å². The van der Waals surface area contributed by atoms with Crippen LogP contribution in [0.15, 0.2) is 29.4 Å². The van der Waals surface area contributed by atoms with Gasteiger partial charge in [0.25, 0.3) is 0 Å². The van der Waals surface area contributed by atoms with Gasteiger partial charge in [0.1, 0.15) is 5.82 Å². The predicted molar refractivity (Wildman–Crippen MR) is 85.5 cm³/mol. The van der Waals surface area contributed by atoms with E-state index in [1.807, 2.05) is 19.9 Å². The zero-order chi connectivity index (χ0) is 15.5. The molecule has 0 saturated heterocycles. The zero-order valence-electron chi connectivity index (χ0n) is 12.8. The lowest BCUT2D eigenvalue weighted by molar-refractivity contribution is 0.0920. The number of hydrogen-bond acceptors (Lipinski definition) is 4. The first-order valence-corrected chi connectivity index (χ1v) is 8.59. The maximum atomic E-state index is 14.0. The van der Waals surface area contributed by atoms with Crippen molar-refractivity contribution >= 4 is 11.8 Å². The van der Waals surface area contributed by atoms with E-state index < -0.39 is 0 Å². The summed E-state index contributed by atoms with van der Waals surface area (Å²) in [5.41, 5.74) is 0.521. The van der Waals surface area contributed by atoms with Crippen LogP contribution in [0.3, 0.4) is 0 Å². The molecule has 1 aliphatic carbocycles. The van der Waals surface area contributed by atoms with E-state index in [0.717, 1.165) is 23.8 Å². The molecule has 22 heavy (non-hydrogen) atoms. The molecular formula is C16H20FN3OS. The first-order chi connectivity index (χ1) is 10.7. The third-order valence-electron chi connectivity index (χ3n) is 3.46. The summed E-state index contributed by atoms with van der Waals surface area (Å²) in [6.45, 7) is 4.72. The molecule has 0 N–H and O–H groups in total. The number of rotatable bonds is 7. The van der Waals surface area contributed by atoms with Crippen LogP contribution in [0.2, 0.25) is 0 Å². The Kier molecular flexibility index (Phi) is 4.78. The fourth-order valence-electron chi connectivity index (χ4n) is 2.28. The Bertz CT molecular complexity index is 640. The van der Waals surface area contributed by atoms with Crippen molar-refractivity contribution in [2.24, 2.45) is 0 Å². The van der Waals surface area contributed by atoms with Crippen molar-refractivity contribution in [2.75, 3.05) is 12.4 Å². The van der Waals surface area contributed by atoms with E-state index in [4.69, 9.17) is 4.74 Å². The molecule has 2 aromatic rings. The van der Waals surface area contributed by atoms with E-state index in [0.29, 0.717) is 24.0 Å². The molecular weight excluding hydrogens is 301 g/mol. The lowest BCUT2D eigenvalue weighted by Gasteiger charge is -2.10. The topological polar surface area (TPSA) is 39.9 Å². The molecule has 0 radical (unpaired) electrons. The van der Waals surface area contributed by atoms with Crippen LogP contribution in [-0.4, -0.2) is 33.2 Å². The summed E-state index contributed by atoms with van der Waals surface area (Å²) < 4.78 is 21.7. The number of thioether (sulfide) groups is 1. The minimum Gasteiger partial charge on any atom is -0.378 e. The van der Waals surface area contributed by atoms with Crippen molar-refractivity contribution in [1.29, 1.82) is 0 Å². The summed E-state index contributed by atoms with van der Waals surface area (Å²) in [6, 6.07) is 7.14. The van der Waals surface area contributed by atoms with Crippen LogP contribution in [0.5, 0.6) is 0 Å². The van der Waals surface area contributed by atoms with Gasteiger partial charge in [0.15, 0.2) is 11.0 Å². The summed E-state index contributed by atoms with van der Waals surface area (Å²) in [6.07, 6.45) is 2.45. The fraction of sp³-hybridized carbons (Fsp3) is 0.500. The Balaban J connectivity index is 1.79. The normalized spacial score (nSPS) is 14.7. The Morgan fingerprint density at radius 1 is 1.32 bits per heavy atom. The number of aromatic nitrogens is 3. The summed E-state index contributed by atoms with van der Waals surface area (Å²) in [5.74, 6) is 1.20. The molecule has 1 saturated carbocycles. The molecule has 0 amide bonds. The van der Waals surface area contributed by atoms with Crippen LogP contribution in [0.25, 0.3) is 11.4 Å². The molecule has 0 bridgehead atoms. The van der Waals surface area contributed by atoms with Gasteiger partial charge in [-0.2, -0.15) is 0 Å². The second kappa shape index (κ2) is 6.79. The SMILES string of the molecule is CC(C)OCCSc1nnc(-c2ccccc2F)n1C1CC1. The lowest BCUT2D eigenvalue weighted by atomic mass is 10.2. The maximum Gasteiger partial charge on any atom is 0.191 e. The van der Waals surface area contributed by atoms with Crippen molar-refractivity contribution in [3.63, 3.8) is 0 Å². The molecule has 3 rings (SSSR count). The van der Waals surface area contributed by atoms with E-state index in [2.05, 4.69) is 14.8 Å². The molecule has 4 nitrogen and oxygen atoms in total. The highest BCUT2D eigenvalue weighted by Crippen LogP contribution is 2.41. The van der Waals surface area contributed by atoms with Gasteiger partial charge in [-0.25, -0.2) is 4.39 Å². The largest absolute Gasteiger partial charge is 0.378 e. The number of halogens is 1. The Morgan fingerprint density at radius 3 is 2.77 bits per heavy atom. The Morgan fingerprint density at radius 2 is 2.09 bits per heavy atom. The fourth-order valence-corrected chi connectivity index (χ4v) is 3.12. The van der Waals surface area contributed by atoms with Gasteiger partial charge in [-0.1, -0.05) is 23.9 Å². The average Bonchev–Trinajstić information content (AvgIpc) is 3.25. The molecule has 0 aliphatic heterocycles. The Labute approximate surface area is 134 Å². The summed E-state index contributed by atoms with van der Waals surface area (Å²) in [7, 11) is 0. The third kappa shape index (κ3) is 3.50. The standard InChI is InChI=1S/C16H20FN3OS/c1-11(2)21-9-10-22-16-19-18-15(20(16)12-7-8-12)13-5-3-4-6-14(13)17/h3-6,11-12H,7-10H2,1-2H3. The number of benzene rings is 1. The van der Waals surface area contributed by atoms with Crippen molar-refractivity contribution < 1.29 is 9.13 Å². The zero-order valence-corrected chi connectivity index (χ0v) is 13.6. The monoisotopic (exact) mass is 321 g/mol. The predicted octanol–water partition coefficient (Wildman–Crippen LogP) is 3.94. The maximum absolute atomic E-state index is 14.0. The molecule has 0 atom stereocenters. The van der Waals surface area contributed by atoms with Gasteiger partial charge in [-0.15, -0.1) is 10.2 Å². The van der Waals surface area contributed by atoms with E-state index in [1.165, 1.54) is 6.07 Å². The van der Waals surface area contributed by atoms with Crippen molar-refractivity contribution in [1.82, 2.24) is 14.8 Å². The second-order valence-corrected chi connectivity index (χ2v) is 6.72. The first-order valence-electron chi connectivity index (χ1n) is 7.61. The smallest absolute Gasteiger partial charge is 0.191 e. The van der Waals surface area contributed by atoms with Crippen LogP contribution in [-0.2, 0) is 4.74 Å². The highest BCUT2D eigenvalue weighted by atomic mass is 32.2. The second-order valence-electron chi connectivity index (χ2n) is 5.66. The van der Waals surface area contributed by atoms with Crippen LogP contribution in [0, 0.1) is 5.82 Å². The van der Waals surface area contributed by atoms with Crippen LogP contribution >= 0.6 is 11.8 Å². The van der Waals surface area contributed by atoms with Gasteiger partial charge in [-0.05, 0) is 38.8 Å². The van der Waals surface area contributed by atoms with E-state index in [9.17, 15) is 4.39 Å². The Hall–Kier alpha value is -1.40. The molecule has 1 aromatic heterocycles. The number of ether oxygens (including phenoxy) is 1. The number of hydrogen-bond donors (Lipinski definition) is 0. The number of nitrogens with zero attached hydrogens (tertiary/aromatic N) is 3. The van der Waals surface area contributed by atoms with Crippen molar-refractivity contribution in [2.45, 2.75) is 44.0 Å². The van der Waals surface area contributed by atoms with Crippen molar-refractivity contribution in [3.8, 4) is 11.4 Å². The molecule has 0 unspecified atom stereocenters. The highest BCUT2D eigenvalue weighted by Gasteiger charge is 2.30. The third-order valence-corrected chi connectivity index (χ3v) is 4.36. The summed E-state index contributed by atoms with van der Waals surface area (Å²) in [5, 5.41) is 9.35. The van der Waals surface area contributed by atoms with Crippen LogP contribution < -0.4 is 0 Å². The molecule has 1 heterocycles. The van der Waals surface area contributed by atoms with Crippen molar-refractivity contribution in [3.05, 3.63) is 30.1 Å². The van der Waals surface area contributed by atoms with E-state index in [-0.39, 0.29) is 11.9 Å². The van der Waals surface area contributed by atoms with Crippen LogP contribution in [0.1, 0.15) is 32.7 Å². The van der Waals surface area contributed by atoms with Gasteiger partial charge in [0.2, 0.25) is 0 Å². The average molecular weight is 321 g/mol. The summed E-state index contributed by atoms with van der Waals surface area (Å²) >= 11 is 1.62. The molecule has 1 aromatic carbocycles. The molecule has 1 aliphatic rings. The van der Waals surface area contributed by atoms with Gasteiger partial charge >= 0.3 is 0 Å². The molecule has 6 heteroatoms. The lowest BCUT2D eigenvalue weighted by Crippen LogP contribution is -2.06. The van der Waals surface area contributed by atoms with Gasteiger partial charge in [0.05, 0.1) is 18.3 Å². The van der Waals surface area contributed by atoms with E-state index in [1.54, 1.807) is 23.9 Å². The minimum atomic E-state index is -0.253. The summed E-state index contributed by atoms with van der Waals surface area (Å²) in [4.78, 5) is 0. The highest BCUT2D eigenvalue weighted by molar-refractivity contribution is 7.99. The van der Waals surface area contributed by atoms with Crippen LogP contribution in [0.4, 0.5) is 4.39 Å².